The van der Waals surface area contributed by atoms with Crippen LogP contribution in [0, 0.1) is 6.92 Å². The summed E-state index contributed by atoms with van der Waals surface area (Å²) in [4.78, 5) is 4.75. The first-order valence-electron chi connectivity index (χ1n) is 8.48. The van der Waals surface area contributed by atoms with Gasteiger partial charge in [0.1, 0.15) is 28.5 Å². The van der Waals surface area contributed by atoms with Crippen LogP contribution < -0.4 is 4.74 Å². The summed E-state index contributed by atoms with van der Waals surface area (Å²) in [6.45, 7) is 2.02. The second kappa shape index (κ2) is 6.92. The van der Waals surface area contributed by atoms with Gasteiger partial charge in [-0.05, 0) is 48.9 Å². The number of imidazole rings is 1. The van der Waals surface area contributed by atoms with Crippen LogP contribution in [-0.4, -0.2) is 21.6 Å². The van der Waals surface area contributed by atoms with Crippen LogP contribution in [0.3, 0.4) is 0 Å². The molecule has 0 bridgehead atoms. The van der Waals surface area contributed by atoms with Crippen molar-refractivity contribution in [1.29, 1.82) is 0 Å². The molecule has 2 aromatic carbocycles. The van der Waals surface area contributed by atoms with E-state index in [0.717, 1.165) is 22.5 Å². The van der Waals surface area contributed by atoms with Crippen LogP contribution in [0.15, 0.2) is 77.1 Å². The van der Waals surface area contributed by atoms with Crippen LogP contribution in [0.25, 0.3) is 16.9 Å². The molecule has 1 N–H and O–H groups in total. The number of pyridine rings is 1. The SMILES string of the molecule is COc1cccc(-c2nc3cc(C)ccn3c2N=Nc2ccccc2O)c1. The van der Waals surface area contributed by atoms with E-state index < -0.39 is 0 Å². The zero-order valence-corrected chi connectivity index (χ0v) is 15.0. The predicted molar refractivity (Wildman–Crippen MR) is 104 cm³/mol. The normalized spacial score (nSPS) is 11.3. The molecule has 6 nitrogen and oxygen atoms in total. The Morgan fingerprint density at radius 2 is 1.85 bits per heavy atom. The third-order valence-corrected chi connectivity index (χ3v) is 4.23. The summed E-state index contributed by atoms with van der Waals surface area (Å²) < 4.78 is 7.21. The summed E-state index contributed by atoms with van der Waals surface area (Å²) in [5, 5.41) is 18.6. The Kier molecular flexibility index (Phi) is 4.30. The average Bonchev–Trinajstić information content (AvgIpc) is 3.05. The summed E-state index contributed by atoms with van der Waals surface area (Å²) in [5.74, 6) is 1.40. The lowest BCUT2D eigenvalue weighted by Gasteiger charge is -2.03. The van der Waals surface area contributed by atoms with Crippen LogP contribution >= 0.6 is 0 Å². The van der Waals surface area contributed by atoms with Gasteiger partial charge in [-0.1, -0.05) is 24.3 Å². The average molecular weight is 358 g/mol. The third kappa shape index (κ3) is 3.25. The van der Waals surface area contributed by atoms with E-state index in [4.69, 9.17) is 9.72 Å². The Labute approximate surface area is 156 Å². The number of aryl methyl sites for hydroxylation is 1. The molecule has 4 rings (SSSR count). The van der Waals surface area contributed by atoms with E-state index >= 15 is 0 Å². The van der Waals surface area contributed by atoms with Crippen LogP contribution in [0.2, 0.25) is 0 Å². The Hall–Kier alpha value is -3.67. The smallest absolute Gasteiger partial charge is 0.187 e. The van der Waals surface area contributed by atoms with Gasteiger partial charge >= 0.3 is 0 Å². The van der Waals surface area contributed by atoms with E-state index in [1.165, 1.54) is 0 Å². The number of aromatic hydroxyl groups is 1. The molecule has 0 radical (unpaired) electrons. The van der Waals surface area contributed by atoms with Crippen molar-refractivity contribution in [2.24, 2.45) is 10.2 Å². The fourth-order valence-electron chi connectivity index (χ4n) is 2.84. The molecule has 0 aliphatic heterocycles. The molecular weight excluding hydrogens is 340 g/mol. The summed E-state index contributed by atoms with van der Waals surface area (Å²) >= 11 is 0. The predicted octanol–water partition coefficient (Wildman–Crippen LogP) is 5.44. The highest BCUT2D eigenvalue weighted by molar-refractivity contribution is 5.75. The molecular formula is C21H18N4O2. The first kappa shape index (κ1) is 16.8. The maximum absolute atomic E-state index is 9.95. The molecule has 4 aromatic rings. The number of rotatable bonds is 4. The van der Waals surface area contributed by atoms with E-state index in [2.05, 4.69) is 10.2 Å². The standard InChI is InChI=1S/C21H18N4O2/c1-14-10-11-25-19(12-14)22-20(15-6-5-7-16(13-15)27-2)21(25)24-23-17-8-3-4-9-18(17)26/h3-13,26H,1-2H3. The van der Waals surface area contributed by atoms with E-state index in [0.29, 0.717) is 17.2 Å². The lowest BCUT2D eigenvalue weighted by Crippen LogP contribution is -1.85. The second-order valence-corrected chi connectivity index (χ2v) is 6.14. The minimum Gasteiger partial charge on any atom is -0.506 e. The van der Waals surface area contributed by atoms with Gasteiger partial charge < -0.3 is 9.84 Å². The molecule has 27 heavy (non-hydrogen) atoms. The molecule has 0 amide bonds. The molecule has 0 unspecified atom stereocenters. The number of hydrogen-bond acceptors (Lipinski definition) is 5. The molecule has 6 heteroatoms. The van der Waals surface area contributed by atoms with Crippen LogP contribution in [-0.2, 0) is 0 Å². The molecule has 0 fully saturated rings. The van der Waals surface area contributed by atoms with E-state index in [1.807, 2.05) is 53.9 Å². The maximum atomic E-state index is 9.95. The number of phenols is 1. The van der Waals surface area contributed by atoms with Gasteiger partial charge in [0.25, 0.3) is 0 Å². The van der Waals surface area contributed by atoms with Crippen molar-refractivity contribution in [2.75, 3.05) is 7.11 Å². The largest absolute Gasteiger partial charge is 0.506 e. The van der Waals surface area contributed by atoms with Crippen molar-refractivity contribution in [3.63, 3.8) is 0 Å². The van der Waals surface area contributed by atoms with Gasteiger partial charge in [0.05, 0.1) is 7.11 Å². The zero-order valence-electron chi connectivity index (χ0n) is 15.0. The third-order valence-electron chi connectivity index (χ3n) is 4.23. The molecule has 0 saturated carbocycles. The molecule has 0 aliphatic carbocycles. The number of nitrogens with zero attached hydrogens (tertiary/aromatic N) is 4. The molecule has 0 spiro atoms. The number of para-hydroxylation sites is 1. The van der Waals surface area contributed by atoms with Gasteiger partial charge in [-0.3, -0.25) is 4.40 Å². The van der Waals surface area contributed by atoms with Crippen molar-refractivity contribution in [2.45, 2.75) is 6.92 Å². The van der Waals surface area contributed by atoms with Gasteiger partial charge in [-0.2, -0.15) is 0 Å². The number of methoxy groups -OCH3 is 1. The van der Waals surface area contributed by atoms with Gasteiger partial charge in [0.15, 0.2) is 5.82 Å². The number of aromatic nitrogens is 2. The Morgan fingerprint density at radius 3 is 2.67 bits per heavy atom. The fraction of sp³-hybridized carbons (Fsp3) is 0.0952. The minimum atomic E-state index is 0.0776. The van der Waals surface area contributed by atoms with Gasteiger partial charge in [0.2, 0.25) is 0 Å². The molecule has 0 saturated heterocycles. The van der Waals surface area contributed by atoms with E-state index in [-0.39, 0.29) is 5.75 Å². The topological polar surface area (TPSA) is 71.5 Å². The van der Waals surface area contributed by atoms with Crippen molar-refractivity contribution in [3.05, 3.63) is 72.4 Å². The van der Waals surface area contributed by atoms with E-state index in [1.54, 1.807) is 31.4 Å². The monoisotopic (exact) mass is 358 g/mol. The number of ether oxygens (including phenoxy) is 1. The summed E-state index contributed by atoms with van der Waals surface area (Å²) in [5.41, 5.74) is 3.85. The zero-order chi connectivity index (χ0) is 18.8. The lowest BCUT2D eigenvalue weighted by atomic mass is 10.1. The molecule has 2 heterocycles. The van der Waals surface area contributed by atoms with Gasteiger partial charge in [-0.15, -0.1) is 10.2 Å². The fourth-order valence-corrected chi connectivity index (χ4v) is 2.84. The first-order chi connectivity index (χ1) is 13.2. The number of hydrogen-bond donors (Lipinski definition) is 1. The maximum Gasteiger partial charge on any atom is 0.187 e. The molecule has 2 aromatic heterocycles. The summed E-state index contributed by atoms with van der Waals surface area (Å²) in [6, 6.07) is 18.5. The Balaban J connectivity index is 1.90. The number of phenolic OH excluding ortho intramolecular Hbond substituents is 1. The highest BCUT2D eigenvalue weighted by Crippen LogP contribution is 2.35. The van der Waals surface area contributed by atoms with Crippen LogP contribution in [0.4, 0.5) is 11.5 Å². The van der Waals surface area contributed by atoms with Crippen molar-refractivity contribution < 1.29 is 9.84 Å². The number of benzene rings is 2. The highest BCUT2D eigenvalue weighted by Gasteiger charge is 2.15. The highest BCUT2D eigenvalue weighted by atomic mass is 16.5. The minimum absolute atomic E-state index is 0.0776. The Bertz CT molecular complexity index is 1150. The number of fused-ring (bicyclic) bond motifs is 1. The van der Waals surface area contributed by atoms with Crippen LogP contribution in [0.1, 0.15) is 5.56 Å². The molecule has 134 valence electrons. The lowest BCUT2D eigenvalue weighted by molar-refractivity contribution is 0.415. The van der Waals surface area contributed by atoms with Crippen molar-refractivity contribution >= 4 is 17.2 Å². The molecule has 0 aliphatic rings. The van der Waals surface area contributed by atoms with Gasteiger partial charge in [0, 0.05) is 11.8 Å². The Morgan fingerprint density at radius 1 is 1.00 bits per heavy atom. The summed E-state index contributed by atoms with van der Waals surface area (Å²) in [6.07, 6.45) is 1.92. The second-order valence-electron chi connectivity index (χ2n) is 6.14. The molecule has 0 atom stereocenters. The first-order valence-corrected chi connectivity index (χ1v) is 8.48. The van der Waals surface area contributed by atoms with Gasteiger partial charge in [-0.25, -0.2) is 4.98 Å². The quantitative estimate of drug-likeness (QED) is 0.494. The van der Waals surface area contributed by atoms with Crippen molar-refractivity contribution in [1.82, 2.24) is 9.38 Å². The van der Waals surface area contributed by atoms with Crippen molar-refractivity contribution in [3.8, 4) is 22.8 Å². The number of azo groups is 1. The van der Waals surface area contributed by atoms with E-state index in [9.17, 15) is 5.11 Å². The van der Waals surface area contributed by atoms with Crippen LogP contribution in [0.5, 0.6) is 11.5 Å². The summed E-state index contributed by atoms with van der Waals surface area (Å²) in [7, 11) is 1.63.